The van der Waals surface area contributed by atoms with Crippen molar-refractivity contribution in [1.29, 1.82) is 0 Å². The van der Waals surface area contributed by atoms with Gasteiger partial charge in [-0.3, -0.25) is 4.90 Å². The lowest BCUT2D eigenvalue weighted by molar-refractivity contribution is -0.0459. The first-order chi connectivity index (χ1) is 7.72. The van der Waals surface area contributed by atoms with Gasteiger partial charge in [-0.2, -0.15) is 0 Å². The monoisotopic (exact) mass is 241 g/mol. The summed E-state index contributed by atoms with van der Waals surface area (Å²) in [5, 5.41) is 9.33. The lowest BCUT2D eigenvalue weighted by atomic mass is 9.79. The molecule has 0 spiro atoms. The van der Waals surface area contributed by atoms with Crippen LogP contribution in [0.5, 0.6) is 0 Å². The van der Waals surface area contributed by atoms with Gasteiger partial charge in [0.15, 0.2) is 0 Å². The fourth-order valence-electron chi connectivity index (χ4n) is 2.38. The predicted octanol–water partition coefficient (Wildman–Crippen LogP) is 3.09. The van der Waals surface area contributed by atoms with Crippen LogP contribution in [0.15, 0.2) is 12.7 Å². The van der Waals surface area contributed by atoms with E-state index in [-0.39, 0.29) is 11.5 Å². The molecular formula is C13H23NO3. The predicted molar refractivity (Wildman–Crippen MR) is 66.9 cm³/mol. The first-order valence-electron chi connectivity index (χ1n) is 5.99. The highest BCUT2D eigenvalue weighted by atomic mass is 16.5. The van der Waals surface area contributed by atoms with E-state index >= 15 is 0 Å². The number of rotatable bonds is 4. The van der Waals surface area contributed by atoms with E-state index in [2.05, 4.69) is 20.4 Å². The van der Waals surface area contributed by atoms with Gasteiger partial charge in [-0.15, -0.1) is 6.58 Å². The van der Waals surface area contributed by atoms with Gasteiger partial charge in [-0.05, 0) is 32.1 Å². The van der Waals surface area contributed by atoms with Gasteiger partial charge in [0.25, 0.3) is 0 Å². The minimum Gasteiger partial charge on any atom is -0.465 e. The van der Waals surface area contributed by atoms with Crippen molar-refractivity contribution in [1.82, 2.24) is 4.90 Å². The summed E-state index contributed by atoms with van der Waals surface area (Å²) in [6, 6.07) is -0.102. The first-order valence-corrected chi connectivity index (χ1v) is 5.99. The van der Waals surface area contributed by atoms with Crippen molar-refractivity contribution >= 4 is 6.09 Å². The summed E-state index contributed by atoms with van der Waals surface area (Å²) < 4.78 is 5.61. The molecule has 0 aliphatic carbocycles. The third kappa shape index (κ3) is 2.80. The molecule has 17 heavy (non-hydrogen) atoms. The highest BCUT2D eigenvalue weighted by Crippen LogP contribution is 2.39. The highest BCUT2D eigenvalue weighted by Gasteiger charge is 2.49. The molecule has 0 aromatic heterocycles. The van der Waals surface area contributed by atoms with Gasteiger partial charge in [0.2, 0.25) is 0 Å². The second-order valence-corrected chi connectivity index (χ2v) is 5.74. The van der Waals surface area contributed by atoms with Crippen molar-refractivity contribution in [2.45, 2.75) is 52.3 Å². The van der Waals surface area contributed by atoms with Crippen molar-refractivity contribution in [2.75, 3.05) is 6.61 Å². The molecule has 1 unspecified atom stereocenters. The number of nitrogens with zero attached hydrogens (tertiary/aromatic N) is 1. The molecule has 1 amide bonds. The Labute approximate surface area is 103 Å². The number of carboxylic acid groups (broad SMARTS) is 1. The zero-order chi connectivity index (χ0) is 13.3. The summed E-state index contributed by atoms with van der Waals surface area (Å²) in [7, 11) is 0. The molecule has 4 nitrogen and oxygen atoms in total. The first kappa shape index (κ1) is 14.0. The molecule has 0 aromatic carbocycles. The molecule has 1 fully saturated rings. The number of amides is 1. The average Bonchev–Trinajstić information content (AvgIpc) is 2.51. The Balaban J connectivity index is 2.90. The van der Waals surface area contributed by atoms with E-state index in [0.717, 1.165) is 12.8 Å². The smallest absolute Gasteiger partial charge is 0.409 e. The van der Waals surface area contributed by atoms with Crippen molar-refractivity contribution in [2.24, 2.45) is 5.41 Å². The molecule has 98 valence electrons. The summed E-state index contributed by atoms with van der Waals surface area (Å²) in [6.07, 6.45) is 2.75. The van der Waals surface area contributed by atoms with Gasteiger partial charge in [-0.25, -0.2) is 4.79 Å². The summed E-state index contributed by atoms with van der Waals surface area (Å²) in [5.74, 6) is 0. The Hall–Kier alpha value is -1.03. The van der Waals surface area contributed by atoms with Crippen molar-refractivity contribution in [3.63, 3.8) is 0 Å². The molecule has 1 saturated heterocycles. The molecule has 1 N–H and O–H groups in total. The van der Waals surface area contributed by atoms with Gasteiger partial charge < -0.3 is 9.84 Å². The summed E-state index contributed by atoms with van der Waals surface area (Å²) in [4.78, 5) is 12.8. The highest BCUT2D eigenvalue weighted by molar-refractivity contribution is 5.66. The summed E-state index contributed by atoms with van der Waals surface area (Å²) >= 11 is 0. The molecule has 0 bridgehead atoms. The third-order valence-electron chi connectivity index (χ3n) is 3.59. The molecule has 1 heterocycles. The van der Waals surface area contributed by atoms with E-state index in [0.29, 0.717) is 6.61 Å². The normalized spacial score (nSPS) is 23.8. The Morgan fingerprint density at radius 3 is 2.71 bits per heavy atom. The van der Waals surface area contributed by atoms with Crippen LogP contribution >= 0.6 is 0 Å². The molecular weight excluding hydrogens is 218 g/mol. The Morgan fingerprint density at radius 2 is 2.24 bits per heavy atom. The largest absolute Gasteiger partial charge is 0.465 e. The van der Waals surface area contributed by atoms with Crippen LogP contribution in [0, 0.1) is 5.41 Å². The molecule has 0 saturated carbocycles. The SMILES string of the molecule is C=CCCC(C)(C)C1COC(C)(C)N1C(=O)O. The van der Waals surface area contributed by atoms with Crippen LogP contribution in [0.25, 0.3) is 0 Å². The molecule has 4 heteroatoms. The number of carbonyl (C=O) groups is 1. The zero-order valence-corrected chi connectivity index (χ0v) is 11.2. The fraction of sp³-hybridized carbons (Fsp3) is 0.769. The van der Waals surface area contributed by atoms with Crippen molar-refractivity contribution < 1.29 is 14.6 Å². The standard InChI is InChI=1S/C13H23NO3/c1-6-7-8-12(2,3)10-9-17-13(4,5)14(10)11(15)16/h6,10H,1,7-9H2,2-5H3,(H,15,16). The Kier molecular flexibility index (Phi) is 3.87. The van der Waals surface area contributed by atoms with E-state index in [1.54, 1.807) is 13.8 Å². The van der Waals surface area contributed by atoms with Crippen LogP contribution in [0.4, 0.5) is 4.79 Å². The van der Waals surface area contributed by atoms with Gasteiger partial charge in [0.1, 0.15) is 5.72 Å². The van der Waals surface area contributed by atoms with Crippen LogP contribution in [0.1, 0.15) is 40.5 Å². The van der Waals surface area contributed by atoms with Crippen LogP contribution in [-0.2, 0) is 4.74 Å². The Morgan fingerprint density at radius 1 is 1.65 bits per heavy atom. The van der Waals surface area contributed by atoms with Gasteiger partial charge in [0.05, 0.1) is 12.6 Å². The Bertz CT molecular complexity index is 310. The van der Waals surface area contributed by atoms with Crippen molar-refractivity contribution in [3.05, 3.63) is 12.7 Å². The molecule has 1 aliphatic rings. The molecule has 0 aromatic rings. The molecule has 1 atom stereocenters. The maximum Gasteiger partial charge on any atom is 0.409 e. The molecule has 1 aliphatic heterocycles. The summed E-state index contributed by atoms with van der Waals surface area (Å²) in [6.45, 7) is 11.9. The van der Waals surface area contributed by atoms with Crippen LogP contribution < -0.4 is 0 Å². The van der Waals surface area contributed by atoms with Crippen LogP contribution in [0.2, 0.25) is 0 Å². The number of hydrogen-bond acceptors (Lipinski definition) is 2. The average molecular weight is 241 g/mol. The van der Waals surface area contributed by atoms with Crippen LogP contribution in [0.3, 0.4) is 0 Å². The van der Waals surface area contributed by atoms with Gasteiger partial charge in [0, 0.05) is 0 Å². The number of allylic oxidation sites excluding steroid dienone is 1. The lowest BCUT2D eigenvalue weighted by Crippen LogP contribution is -2.52. The van der Waals surface area contributed by atoms with E-state index < -0.39 is 11.8 Å². The van der Waals surface area contributed by atoms with E-state index in [4.69, 9.17) is 4.74 Å². The third-order valence-corrected chi connectivity index (χ3v) is 3.59. The van der Waals surface area contributed by atoms with E-state index in [9.17, 15) is 9.90 Å². The van der Waals surface area contributed by atoms with E-state index in [1.165, 1.54) is 4.90 Å². The minimum atomic E-state index is -0.913. The van der Waals surface area contributed by atoms with Crippen molar-refractivity contribution in [3.8, 4) is 0 Å². The maximum atomic E-state index is 11.4. The lowest BCUT2D eigenvalue weighted by Gasteiger charge is -2.39. The van der Waals surface area contributed by atoms with Gasteiger partial charge >= 0.3 is 6.09 Å². The fourth-order valence-corrected chi connectivity index (χ4v) is 2.38. The van der Waals surface area contributed by atoms with E-state index in [1.807, 2.05) is 6.08 Å². The zero-order valence-electron chi connectivity index (χ0n) is 11.2. The van der Waals surface area contributed by atoms with Crippen LogP contribution in [-0.4, -0.2) is 34.5 Å². The topological polar surface area (TPSA) is 49.8 Å². The second kappa shape index (κ2) is 4.69. The second-order valence-electron chi connectivity index (χ2n) is 5.74. The minimum absolute atomic E-state index is 0.102. The quantitative estimate of drug-likeness (QED) is 0.769. The summed E-state index contributed by atoms with van der Waals surface area (Å²) in [5.41, 5.74) is -0.845. The maximum absolute atomic E-state index is 11.4. The molecule has 1 rings (SSSR count). The number of hydrogen-bond donors (Lipinski definition) is 1. The molecule has 0 radical (unpaired) electrons. The van der Waals surface area contributed by atoms with Gasteiger partial charge in [-0.1, -0.05) is 19.9 Å². The number of ether oxygens (including phenoxy) is 1.